The number of nitrogens with one attached hydrogen (secondary N) is 1. The van der Waals surface area contributed by atoms with Crippen LogP contribution in [-0.2, 0) is 9.53 Å². The van der Waals surface area contributed by atoms with Gasteiger partial charge < -0.3 is 14.8 Å². The first-order valence-corrected chi connectivity index (χ1v) is 6.85. The molecule has 0 amide bonds. The van der Waals surface area contributed by atoms with Gasteiger partial charge in [-0.15, -0.1) is 0 Å². The van der Waals surface area contributed by atoms with Crippen molar-refractivity contribution in [3.63, 3.8) is 0 Å². The predicted molar refractivity (Wildman–Crippen MR) is 75.3 cm³/mol. The van der Waals surface area contributed by atoms with Crippen molar-refractivity contribution in [2.24, 2.45) is 0 Å². The topological polar surface area (TPSA) is 47.6 Å². The Balaban J connectivity index is 2.85. The molecule has 1 atom stereocenters. The number of likely N-dealkylation sites (N-methyl/N-ethyl adjacent to an activating group) is 1. The molecule has 0 spiro atoms. The Morgan fingerprint density at radius 1 is 1.32 bits per heavy atom. The van der Waals surface area contributed by atoms with Crippen molar-refractivity contribution >= 4 is 5.97 Å². The summed E-state index contributed by atoms with van der Waals surface area (Å²) in [6, 6.07) is 7.15. The number of carbonyl (C=O) groups is 1. The summed E-state index contributed by atoms with van der Waals surface area (Å²) in [4.78, 5) is 11.9. The molecular formula is C15H23NO3. The molecule has 0 fully saturated rings. The third-order valence-corrected chi connectivity index (χ3v) is 2.59. The van der Waals surface area contributed by atoms with E-state index in [0.29, 0.717) is 19.8 Å². The first-order chi connectivity index (χ1) is 9.22. The molecule has 1 aromatic rings. The van der Waals surface area contributed by atoms with Gasteiger partial charge in [-0.05, 0) is 37.6 Å². The van der Waals surface area contributed by atoms with Crippen LogP contribution < -0.4 is 10.1 Å². The lowest BCUT2D eigenvalue weighted by molar-refractivity contribution is -0.145. The lowest BCUT2D eigenvalue weighted by atomic mass is 10.1. The second kappa shape index (κ2) is 8.53. The molecule has 0 aromatic heterocycles. The van der Waals surface area contributed by atoms with Gasteiger partial charge in [0.2, 0.25) is 0 Å². The summed E-state index contributed by atoms with van der Waals surface area (Å²) in [6.45, 7) is 7.58. The van der Waals surface area contributed by atoms with Gasteiger partial charge in [0.05, 0.1) is 13.2 Å². The first-order valence-electron chi connectivity index (χ1n) is 6.85. The third-order valence-electron chi connectivity index (χ3n) is 2.59. The molecule has 0 heterocycles. The van der Waals surface area contributed by atoms with Crippen LogP contribution in [0.1, 0.15) is 38.8 Å². The SMILES string of the molecule is CCCOc1cccc(C(NCC)C(=O)OCC)c1. The fourth-order valence-electron chi connectivity index (χ4n) is 1.77. The maximum atomic E-state index is 11.9. The number of esters is 1. The van der Waals surface area contributed by atoms with E-state index in [1.54, 1.807) is 0 Å². The van der Waals surface area contributed by atoms with Gasteiger partial charge in [0, 0.05) is 0 Å². The summed E-state index contributed by atoms with van der Waals surface area (Å²) < 4.78 is 10.7. The molecule has 0 saturated carbocycles. The van der Waals surface area contributed by atoms with E-state index >= 15 is 0 Å². The highest BCUT2D eigenvalue weighted by Crippen LogP contribution is 2.20. The van der Waals surface area contributed by atoms with Crippen molar-refractivity contribution in [1.82, 2.24) is 5.32 Å². The molecule has 1 aromatic carbocycles. The second-order valence-corrected chi connectivity index (χ2v) is 4.16. The van der Waals surface area contributed by atoms with E-state index in [4.69, 9.17) is 9.47 Å². The van der Waals surface area contributed by atoms with Crippen molar-refractivity contribution < 1.29 is 14.3 Å². The zero-order valence-electron chi connectivity index (χ0n) is 11.9. The molecule has 4 heteroatoms. The third kappa shape index (κ3) is 4.91. The van der Waals surface area contributed by atoms with Crippen LogP contribution in [-0.4, -0.2) is 25.7 Å². The lowest BCUT2D eigenvalue weighted by Gasteiger charge is -2.17. The van der Waals surface area contributed by atoms with Crippen molar-refractivity contribution in [2.75, 3.05) is 19.8 Å². The number of ether oxygens (including phenoxy) is 2. The molecule has 0 aliphatic heterocycles. The Hall–Kier alpha value is -1.55. The minimum atomic E-state index is -0.435. The van der Waals surface area contributed by atoms with Crippen LogP contribution in [0.15, 0.2) is 24.3 Å². The Bertz CT molecular complexity index is 393. The average molecular weight is 265 g/mol. The van der Waals surface area contributed by atoms with Gasteiger partial charge in [-0.2, -0.15) is 0 Å². The Morgan fingerprint density at radius 3 is 2.74 bits per heavy atom. The normalized spacial score (nSPS) is 11.9. The molecule has 0 aliphatic rings. The number of hydrogen-bond acceptors (Lipinski definition) is 4. The molecule has 1 unspecified atom stereocenters. The van der Waals surface area contributed by atoms with Crippen LogP contribution in [0.3, 0.4) is 0 Å². The largest absolute Gasteiger partial charge is 0.494 e. The highest BCUT2D eigenvalue weighted by Gasteiger charge is 2.21. The van der Waals surface area contributed by atoms with E-state index in [1.165, 1.54) is 0 Å². The zero-order valence-corrected chi connectivity index (χ0v) is 11.9. The molecule has 19 heavy (non-hydrogen) atoms. The summed E-state index contributed by atoms with van der Waals surface area (Å²) in [7, 11) is 0. The predicted octanol–water partition coefficient (Wildman–Crippen LogP) is 2.69. The maximum Gasteiger partial charge on any atom is 0.327 e. The van der Waals surface area contributed by atoms with E-state index in [1.807, 2.05) is 38.1 Å². The fourth-order valence-corrected chi connectivity index (χ4v) is 1.77. The van der Waals surface area contributed by atoms with Crippen LogP contribution in [0.4, 0.5) is 0 Å². The van der Waals surface area contributed by atoms with Crippen molar-refractivity contribution in [3.05, 3.63) is 29.8 Å². The number of hydrogen-bond donors (Lipinski definition) is 1. The molecule has 0 aliphatic carbocycles. The number of carbonyl (C=O) groups excluding carboxylic acids is 1. The van der Waals surface area contributed by atoms with E-state index in [-0.39, 0.29) is 5.97 Å². The number of rotatable bonds is 8. The van der Waals surface area contributed by atoms with Crippen LogP contribution >= 0.6 is 0 Å². The highest BCUT2D eigenvalue weighted by atomic mass is 16.5. The van der Waals surface area contributed by atoms with E-state index in [9.17, 15) is 4.79 Å². The van der Waals surface area contributed by atoms with Crippen LogP contribution in [0.25, 0.3) is 0 Å². The van der Waals surface area contributed by atoms with Gasteiger partial charge >= 0.3 is 5.97 Å². The van der Waals surface area contributed by atoms with Gasteiger partial charge in [-0.25, -0.2) is 4.79 Å². The molecule has 0 radical (unpaired) electrons. The lowest BCUT2D eigenvalue weighted by Crippen LogP contribution is -2.30. The van der Waals surface area contributed by atoms with Gasteiger partial charge in [-0.1, -0.05) is 26.0 Å². The van der Waals surface area contributed by atoms with Gasteiger partial charge in [0.15, 0.2) is 0 Å². The molecular weight excluding hydrogens is 242 g/mol. The standard InChI is InChI=1S/C15H23NO3/c1-4-10-19-13-9-7-8-12(11-13)14(16-5-2)15(17)18-6-3/h7-9,11,14,16H,4-6,10H2,1-3H3. The molecule has 1 N–H and O–H groups in total. The Kier molecular flexibility index (Phi) is 6.97. The van der Waals surface area contributed by atoms with E-state index in [2.05, 4.69) is 12.2 Å². The quantitative estimate of drug-likeness (QED) is 0.734. The Morgan fingerprint density at radius 2 is 2.11 bits per heavy atom. The van der Waals surface area contributed by atoms with Gasteiger partial charge in [-0.3, -0.25) is 0 Å². The Labute approximate surface area is 115 Å². The minimum absolute atomic E-state index is 0.253. The summed E-state index contributed by atoms with van der Waals surface area (Å²) in [5.41, 5.74) is 0.869. The van der Waals surface area contributed by atoms with Crippen molar-refractivity contribution in [1.29, 1.82) is 0 Å². The summed E-state index contributed by atoms with van der Waals surface area (Å²) in [6.07, 6.45) is 0.957. The van der Waals surface area contributed by atoms with Gasteiger partial charge in [0.25, 0.3) is 0 Å². The molecule has 0 bridgehead atoms. The highest BCUT2D eigenvalue weighted by molar-refractivity contribution is 5.77. The first kappa shape index (κ1) is 15.5. The van der Waals surface area contributed by atoms with Crippen molar-refractivity contribution in [2.45, 2.75) is 33.2 Å². The fraction of sp³-hybridized carbons (Fsp3) is 0.533. The molecule has 106 valence electrons. The van der Waals surface area contributed by atoms with Gasteiger partial charge in [0.1, 0.15) is 11.8 Å². The van der Waals surface area contributed by atoms with E-state index < -0.39 is 6.04 Å². The zero-order chi connectivity index (χ0) is 14.1. The smallest absolute Gasteiger partial charge is 0.327 e. The summed E-state index contributed by atoms with van der Waals surface area (Å²) >= 11 is 0. The average Bonchev–Trinajstić information content (AvgIpc) is 2.43. The minimum Gasteiger partial charge on any atom is -0.494 e. The van der Waals surface area contributed by atoms with E-state index in [0.717, 1.165) is 17.7 Å². The van der Waals surface area contributed by atoms with Crippen molar-refractivity contribution in [3.8, 4) is 5.75 Å². The molecule has 4 nitrogen and oxygen atoms in total. The number of benzene rings is 1. The second-order valence-electron chi connectivity index (χ2n) is 4.16. The monoisotopic (exact) mass is 265 g/mol. The van der Waals surface area contributed by atoms with Crippen LogP contribution in [0, 0.1) is 0 Å². The van der Waals surface area contributed by atoms with Crippen LogP contribution in [0.5, 0.6) is 5.75 Å². The van der Waals surface area contributed by atoms with Crippen LogP contribution in [0.2, 0.25) is 0 Å². The molecule has 1 rings (SSSR count). The summed E-state index contributed by atoms with van der Waals surface area (Å²) in [5.74, 6) is 0.531. The molecule has 0 saturated heterocycles. The summed E-state index contributed by atoms with van der Waals surface area (Å²) in [5, 5.41) is 3.14. The maximum absolute atomic E-state index is 11.9.